The molecular weight excluding hydrogens is 232 g/mol. The fourth-order valence-corrected chi connectivity index (χ4v) is 2.76. The van der Waals surface area contributed by atoms with E-state index in [1.165, 1.54) is 25.9 Å². The summed E-state index contributed by atoms with van der Waals surface area (Å²) in [7, 11) is 2.08. The molecule has 0 aromatic rings. The van der Waals surface area contributed by atoms with Crippen molar-refractivity contribution in [2.45, 2.75) is 80.3 Å². The second-order valence-corrected chi connectivity index (χ2v) is 8.32. The van der Waals surface area contributed by atoms with Crippen LogP contribution in [0.4, 0.5) is 0 Å². The molecular formula is C17H38N2. The molecule has 1 unspecified atom stereocenters. The van der Waals surface area contributed by atoms with E-state index < -0.39 is 0 Å². The molecule has 19 heavy (non-hydrogen) atoms. The molecule has 0 aliphatic heterocycles. The minimum atomic E-state index is 0.360. The van der Waals surface area contributed by atoms with E-state index in [9.17, 15) is 0 Å². The standard InChI is InChI=1S/C17H38N2/c1-10-15(18-9)11-17(7,8)13-19(14(2)3)12-16(4,5)6/h14-15,18H,10-13H2,1-9H3. The zero-order valence-electron chi connectivity index (χ0n) is 14.9. The van der Waals surface area contributed by atoms with Crippen LogP contribution in [0.1, 0.15) is 68.2 Å². The maximum Gasteiger partial charge on any atom is 0.00669 e. The van der Waals surface area contributed by atoms with Gasteiger partial charge in [-0.2, -0.15) is 0 Å². The molecule has 0 aliphatic carbocycles. The van der Waals surface area contributed by atoms with Crippen molar-refractivity contribution >= 4 is 0 Å². The number of hydrogen-bond acceptors (Lipinski definition) is 2. The van der Waals surface area contributed by atoms with Gasteiger partial charge in [0, 0.05) is 25.2 Å². The molecule has 0 saturated carbocycles. The number of rotatable bonds is 8. The van der Waals surface area contributed by atoms with Crippen LogP contribution in [0.15, 0.2) is 0 Å². The van der Waals surface area contributed by atoms with Crippen LogP contribution in [0.3, 0.4) is 0 Å². The third-order valence-electron chi connectivity index (χ3n) is 3.74. The van der Waals surface area contributed by atoms with Crippen LogP contribution < -0.4 is 5.32 Å². The van der Waals surface area contributed by atoms with E-state index in [0.717, 1.165) is 0 Å². The molecule has 1 atom stereocenters. The zero-order chi connectivity index (χ0) is 15.3. The highest BCUT2D eigenvalue weighted by Crippen LogP contribution is 2.27. The first-order chi connectivity index (χ1) is 8.50. The van der Waals surface area contributed by atoms with Crippen molar-refractivity contribution < 1.29 is 0 Å². The molecule has 1 N–H and O–H groups in total. The molecule has 2 nitrogen and oxygen atoms in total. The minimum absolute atomic E-state index is 0.360. The molecule has 0 aromatic heterocycles. The van der Waals surface area contributed by atoms with Crippen LogP contribution in [0.5, 0.6) is 0 Å². The van der Waals surface area contributed by atoms with Gasteiger partial charge in [0.2, 0.25) is 0 Å². The second-order valence-electron chi connectivity index (χ2n) is 8.32. The predicted molar refractivity (Wildman–Crippen MR) is 87.7 cm³/mol. The highest BCUT2D eigenvalue weighted by molar-refractivity contribution is 4.82. The lowest BCUT2D eigenvalue weighted by atomic mass is 9.83. The monoisotopic (exact) mass is 270 g/mol. The van der Waals surface area contributed by atoms with E-state index in [1.807, 2.05) is 0 Å². The van der Waals surface area contributed by atoms with Gasteiger partial charge in [-0.1, -0.05) is 41.5 Å². The van der Waals surface area contributed by atoms with Gasteiger partial charge in [0.15, 0.2) is 0 Å². The minimum Gasteiger partial charge on any atom is -0.317 e. The first kappa shape index (κ1) is 18.9. The Kier molecular flexibility index (Phi) is 7.60. The summed E-state index contributed by atoms with van der Waals surface area (Å²) >= 11 is 0. The summed E-state index contributed by atoms with van der Waals surface area (Å²) in [6.07, 6.45) is 2.45. The molecule has 0 bridgehead atoms. The van der Waals surface area contributed by atoms with Gasteiger partial charge in [-0.15, -0.1) is 0 Å². The first-order valence-corrected chi connectivity index (χ1v) is 7.92. The Morgan fingerprint density at radius 1 is 1.00 bits per heavy atom. The topological polar surface area (TPSA) is 15.3 Å². The Bertz CT molecular complexity index is 234. The summed E-state index contributed by atoms with van der Waals surface area (Å²) in [5.41, 5.74) is 0.729. The average molecular weight is 271 g/mol. The van der Waals surface area contributed by atoms with Crippen molar-refractivity contribution in [3.05, 3.63) is 0 Å². The van der Waals surface area contributed by atoms with E-state index in [1.54, 1.807) is 0 Å². The first-order valence-electron chi connectivity index (χ1n) is 7.92. The average Bonchev–Trinajstić information content (AvgIpc) is 2.22. The van der Waals surface area contributed by atoms with E-state index in [2.05, 4.69) is 72.7 Å². The highest BCUT2D eigenvalue weighted by atomic mass is 15.2. The van der Waals surface area contributed by atoms with Crippen LogP contribution in [0.2, 0.25) is 0 Å². The molecule has 0 rings (SSSR count). The van der Waals surface area contributed by atoms with Crippen LogP contribution >= 0.6 is 0 Å². The molecule has 0 aromatic carbocycles. The number of hydrogen-bond donors (Lipinski definition) is 1. The van der Waals surface area contributed by atoms with Gasteiger partial charge in [-0.3, -0.25) is 4.90 Å². The maximum atomic E-state index is 3.44. The molecule has 0 saturated heterocycles. The van der Waals surface area contributed by atoms with Gasteiger partial charge in [-0.05, 0) is 44.6 Å². The molecule has 0 spiro atoms. The highest BCUT2D eigenvalue weighted by Gasteiger charge is 2.28. The summed E-state index contributed by atoms with van der Waals surface area (Å²) in [6, 6.07) is 1.26. The van der Waals surface area contributed by atoms with Crippen molar-refractivity contribution in [2.75, 3.05) is 20.1 Å². The summed E-state index contributed by atoms with van der Waals surface area (Å²) < 4.78 is 0. The van der Waals surface area contributed by atoms with Gasteiger partial charge >= 0.3 is 0 Å². The van der Waals surface area contributed by atoms with E-state index in [-0.39, 0.29) is 0 Å². The lowest BCUT2D eigenvalue weighted by Gasteiger charge is -2.40. The fourth-order valence-electron chi connectivity index (χ4n) is 2.76. The molecule has 2 heteroatoms. The normalized spacial score (nSPS) is 15.3. The Morgan fingerprint density at radius 3 is 1.84 bits per heavy atom. The molecule has 0 amide bonds. The van der Waals surface area contributed by atoms with Gasteiger partial charge < -0.3 is 5.32 Å². The smallest absolute Gasteiger partial charge is 0.00669 e. The summed E-state index contributed by atoms with van der Waals surface area (Å²) in [5.74, 6) is 0. The van der Waals surface area contributed by atoms with Gasteiger partial charge in [0.05, 0.1) is 0 Å². The molecule has 0 aliphatic rings. The Labute approximate surface area is 122 Å². The molecule has 0 fully saturated rings. The van der Waals surface area contributed by atoms with Crippen molar-refractivity contribution in [2.24, 2.45) is 10.8 Å². The van der Waals surface area contributed by atoms with Crippen molar-refractivity contribution in [1.82, 2.24) is 10.2 Å². The maximum absolute atomic E-state index is 3.44. The van der Waals surface area contributed by atoms with Crippen LogP contribution in [-0.2, 0) is 0 Å². The molecule has 0 radical (unpaired) electrons. The van der Waals surface area contributed by atoms with Gasteiger partial charge in [0.1, 0.15) is 0 Å². The Morgan fingerprint density at radius 2 is 1.53 bits per heavy atom. The molecule has 0 heterocycles. The fraction of sp³-hybridized carbons (Fsp3) is 1.00. The lowest BCUT2D eigenvalue weighted by Crippen LogP contribution is -2.45. The quantitative estimate of drug-likeness (QED) is 0.712. The third-order valence-corrected chi connectivity index (χ3v) is 3.74. The molecule has 116 valence electrons. The second kappa shape index (κ2) is 7.64. The number of nitrogens with zero attached hydrogens (tertiary/aromatic N) is 1. The van der Waals surface area contributed by atoms with Gasteiger partial charge in [-0.25, -0.2) is 0 Å². The Balaban J connectivity index is 4.64. The largest absolute Gasteiger partial charge is 0.317 e. The van der Waals surface area contributed by atoms with Crippen LogP contribution in [0, 0.1) is 10.8 Å². The van der Waals surface area contributed by atoms with Crippen molar-refractivity contribution in [3.63, 3.8) is 0 Å². The van der Waals surface area contributed by atoms with E-state index in [4.69, 9.17) is 0 Å². The third kappa shape index (κ3) is 8.65. The zero-order valence-corrected chi connectivity index (χ0v) is 14.9. The number of nitrogens with one attached hydrogen (secondary N) is 1. The Hall–Kier alpha value is -0.0800. The summed E-state index contributed by atoms with van der Waals surface area (Å²) in [4.78, 5) is 2.64. The lowest BCUT2D eigenvalue weighted by molar-refractivity contribution is 0.0931. The van der Waals surface area contributed by atoms with Crippen molar-refractivity contribution in [1.29, 1.82) is 0 Å². The van der Waals surface area contributed by atoms with Gasteiger partial charge in [0.25, 0.3) is 0 Å². The van der Waals surface area contributed by atoms with Crippen molar-refractivity contribution in [3.8, 4) is 0 Å². The SMILES string of the molecule is CCC(CC(C)(C)CN(CC(C)(C)C)C(C)C)NC. The van der Waals surface area contributed by atoms with E-state index >= 15 is 0 Å². The van der Waals surface area contributed by atoms with E-state index in [0.29, 0.717) is 22.9 Å². The summed E-state index contributed by atoms with van der Waals surface area (Å²) in [5, 5.41) is 3.44. The summed E-state index contributed by atoms with van der Waals surface area (Å²) in [6.45, 7) is 21.1. The van der Waals surface area contributed by atoms with Crippen LogP contribution in [-0.4, -0.2) is 37.1 Å². The van der Waals surface area contributed by atoms with Crippen LogP contribution in [0.25, 0.3) is 0 Å². The predicted octanol–water partition coefficient (Wildman–Crippen LogP) is 4.16.